The van der Waals surface area contributed by atoms with Crippen molar-refractivity contribution in [3.05, 3.63) is 53.3 Å². The number of hydrogen-bond acceptors (Lipinski definition) is 7. The van der Waals surface area contributed by atoms with Crippen LogP contribution in [0.5, 0.6) is 0 Å². The average molecular weight is 402 g/mol. The minimum absolute atomic E-state index is 0.0410. The lowest BCUT2D eigenvalue weighted by atomic mass is 10.2. The molecule has 28 heavy (non-hydrogen) atoms. The predicted octanol–water partition coefficient (Wildman–Crippen LogP) is 2.14. The van der Waals surface area contributed by atoms with Crippen molar-refractivity contribution in [2.75, 3.05) is 5.75 Å². The van der Waals surface area contributed by atoms with Crippen molar-refractivity contribution in [1.29, 1.82) is 0 Å². The number of carbonyl (C=O) groups excluding carboxylic acids is 3. The first-order chi connectivity index (χ1) is 13.3. The Morgan fingerprint density at radius 3 is 2.39 bits per heavy atom. The van der Waals surface area contributed by atoms with E-state index in [4.69, 9.17) is 4.74 Å². The maximum atomic E-state index is 12.0. The molecule has 0 spiro atoms. The summed E-state index contributed by atoms with van der Waals surface area (Å²) in [5.41, 5.74) is 2.51. The van der Waals surface area contributed by atoms with Crippen LogP contribution in [0.4, 0.5) is 4.79 Å². The standard InChI is InChI=1S/C19H22N4O4S/c1-12-9-13(2)22-19(21-12)28-11-16(24)27-14(3)17(25)23-18(26)20-10-15-7-5-4-6-8-15/h4-9,14H,10-11H2,1-3H3,(H2,20,23,25,26)/t14-/m0/s1. The van der Waals surface area contributed by atoms with Crippen molar-refractivity contribution >= 4 is 29.7 Å². The number of urea groups is 1. The quantitative estimate of drug-likeness (QED) is 0.415. The van der Waals surface area contributed by atoms with Gasteiger partial charge in [0.2, 0.25) is 0 Å². The fraction of sp³-hybridized carbons (Fsp3) is 0.316. The zero-order valence-electron chi connectivity index (χ0n) is 15.9. The summed E-state index contributed by atoms with van der Waals surface area (Å²) < 4.78 is 5.05. The number of nitrogens with zero attached hydrogens (tertiary/aromatic N) is 2. The van der Waals surface area contributed by atoms with Gasteiger partial charge in [0, 0.05) is 17.9 Å². The number of imide groups is 1. The second-order valence-corrected chi connectivity index (χ2v) is 6.95. The van der Waals surface area contributed by atoms with Crippen LogP contribution in [0.15, 0.2) is 41.6 Å². The lowest BCUT2D eigenvalue weighted by Crippen LogP contribution is -2.44. The summed E-state index contributed by atoms with van der Waals surface area (Å²) in [5, 5.41) is 5.17. The smallest absolute Gasteiger partial charge is 0.321 e. The zero-order valence-corrected chi connectivity index (χ0v) is 16.7. The lowest BCUT2D eigenvalue weighted by molar-refractivity contribution is -0.151. The highest BCUT2D eigenvalue weighted by Gasteiger charge is 2.20. The molecule has 0 aliphatic carbocycles. The van der Waals surface area contributed by atoms with Crippen molar-refractivity contribution in [3.8, 4) is 0 Å². The average Bonchev–Trinajstić information content (AvgIpc) is 2.65. The Bertz CT molecular complexity index is 825. The number of hydrogen-bond donors (Lipinski definition) is 2. The van der Waals surface area contributed by atoms with Gasteiger partial charge in [-0.2, -0.15) is 0 Å². The van der Waals surface area contributed by atoms with Gasteiger partial charge in [0.1, 0.15) is 0 Å². The molecule has 0 saturated carbocycles. The first-order valence-electron chi connectivity index (χ1n) is 8.60. The molecule has 0 unspecified atom stereocenters. The Morgan fingerprint density at radius 1 is 1.11 bits per heavy atom. The molecule has 2 aromatic rings. The molecule has 2 N–H and O–H groups in total. The molecule has 2 rings (SSSR count). The van der Waals surface area contributed by atoms with E-state index in [1.54, 1.807) is 0 Å². The fourth-order valence-corrected chi connectivity index (χ4v) is 2.93. The first kappa shape index (κ1) is 21.4. The SMILES string of the molecule is Cc1cc(C)nc(SCC(=O)O[C@@H](C)C(=O)NC(=O)NCc2ccccc2)n1. The summed E-state index contributed by atoms with van der Waals surface area (Å²) in [7, 11) is 0. The minimum atomic E-state index is -1.10. The van der Waals surface area contributed by atoms with Gasteiger partial charge in [-0.15, -0.1) is 0 Å². The van der Waals surface area contributed by atoms with Gasteiger partial charge in [-0.3, -0.25) is 14.9 Å². The predicted molar refractivity (Wildman–Crippen MR) is 105 cm³/mol. The monoisotopic (exact) mass is 402 g/mol. The third-order valence-electron chi connectivity index (χ3n) is 3.49. The van der Waals surface area contributed by atoms with Crippen LogP contribution in [-0.2, 0) is 20.9 Å². The summed E-state index contributed by atoms with van der Waals surface area (Å²) in [6.07, 6.45) is -1.10. The highest BCUT2D eigenvalue weighted by molar-refractivity contribution is 7.99. The van der Waals surface area contributed by atoms with Gasteiger partial charge in [-0.1, -0.05) is 42.1 Å². The minimum Gasteiger partial charge on any atom is -0.452 e. The van der Waals surface area contributed by atoms with Crippen LogP contribution in [0.1, 0.15) is 23.9 Å². The van der Waals surface area contributed by atoms with Crippen LogP contribution in [0, 0.1) is 13.8 Å². The van der Waals surface area contributed by atoms with Crippen molar-refractivity contribution < 1.29 is 19.1 Å². The summed E-state index contributed by atoms with van der Waals surface area (Å²) in [4.78, 5) is 44.1. The van der Waals surface area contributed by atoms with E-state index in [0.29, 0.717) is 5.16 Å². The van der Waals surface area contributed by atoms with Crippen LogP contribution in [0.3, 0.4) is 0 Å². The lowest BCUT2D eigenvalue weighted by Gasteiger charge is -2.13. The van der Waals surface area contributed by atoms with Crippen molar-refractivity contribution in [3.63, 3.8) is 0 Å². The summed E-state index contributed by atoms with van der Waals surface area (Å²) in [5.74, 6) is -1.34. The molecule has 1 aromatic heterocycles. The van der Waals surface area contributed by atoms with E-state index >= 15 is 0 Å². The Labute approximate surface area is 167 Å². The van der Waals surface area contributed by atoms with Gasteiger partial charge in [-0.25, -0.2) is 14.8 Å². The molecule has 3 amide bonds. The van der Waals surface area contributed by atoms with E-state index in [1.807, 2.05) is 50.2 Å². The molecule has 0 aliphatic heterocycles. The molecule has 1 heterocycles. The number of carbonyl (C=O) groups is 3. The molecule has 0 aliphatic rings. The van der Waals surface area contributed by atoms with Crippen LogP contribution in [-0.4, -0.2) is 39.7 Å². The maximum absolute atomic E-state index is 12.0. The van der Waals surface area contributed by atoms with Gasteiger partial charge < -0.3 is 10.1 Å². The van der Waals surface area contributed by atoms with E-state index in [-0.39, 0.29) is 12.3 Å². The Kier molecular flexibility index (Phi) is 7.94. The molecule has 1 atom stereocenters. The number of aromatic nitrogens is 2. The topological polar surface area (TPSA) is 110 Å². The highest BCUT2D eigenvalue weighted by atomic mass is 32.2. The molecular formula is C19H22N4O4S. The Hall–Kier alpha value is -2.94. The van der Waals surface area contributed by atoms with Gasteiger partial charge in [0.15, 0.2) is 11.3 Å². The van der Waals surface area contributed by atoms with Gasteiger partial charge in [0.25, 0.3) is 5.91 Å². The molecular weight excluding hydrogens is 380 g/mol. The van der Waals surface area contributed by atoms with Crippen molar-refractivity contribution in [1.82, 2.24) is 20.6 Å². The number of thioether (sulfide) groups is 1. The van der Waals surface area contributed by atoms with Crippen LogP contribution in [0.2, 0.25) is 0 Å². The van der Waals surface area contributed by atoms with E-state index < -0.39 is 24.0 Å². The number of aryl methyl sites for hydroxylation is 2. The second-order valence-electron chi connectivity index (χ2n) is 6.01. The molecule has 1 aromatic carbocycles. The van der Waals surface area contributed by atoms with E-state index in [0.717, 1.165) is 28.7 Å². The molecule has 8 nitrogen and oxygen atoms in total. The summed E-state index contributed by atoms with van der Waals surface area (Å²) >= 11 is 1.12. The van der Waals surface area contributed by atoms with Crippen LogP contribution < -0.4 is 10.6 Å². The van der Waals surface area contributed by atoms with Crippen LogP contribution in [0.25, 0.3) is 0 Å². The Morgan fingerprint density at radius 2 is 1.75 bits per heavy atom. The highest BCUT2D eigenvalue weighted by Crippen LogP contribution is 2.14. The molecule has 148 valence electrons. The van der Waals surface area contributed by atoms with Gasteiger partial charge in [0.05, 0.1) is 5.75 Å². The molecule has 0 fully saturated rings. The molecule has 0 radical (unpaired) electrons. The third-order valence-corrected chi connectivity index (χ3v) is 4.31. The molecule has 9 heteroatoms. The third kappa shape index (κ3) is 7.36. The summed E-state index contributed by atoms with van der Waals surface area (Å²) in [6, 6.07) is 10.4. The number of rotatable bonds is 7. The second kappa shape index (κ2) is 10.4. The molecule has 0 saturated heterocycles. The maximum Gasteiger partial charge on any atom is 0.321 e. The number of ether oxygens (including phenoxy) is 1. The van der Waals surface area contributed by atoms with E-state index in [1.165, 1.54) is 6.92 Å². The Balaban J connectivity index is 1.73. The van der Waals surface area contributed by atoms with Crippen molar-refractivity contribution in [2.45, 2.75) is 38.6 Å². The van der Waals surface area contributed by atoms with E-state index in [9.17, 15) is 14.4 Å². The first-order valence-corrected chi connectivity index (χ1v) is 9.59. The molecule has 0 bridgehead atoms. The van der Waals surface area contributed by atoms with E-state index in [2.05, 4.69) is 20.6 Å². The van der Waals surface area contributed by atoms with Crippen LogP contribution >= 0.6 is 11.8 Å². The van der Waals surface area contributed by atoms with Gasteiger partial charge >= 0.3 is 12.0 Å². The zero-order chi connectivity index (χ0) is 20.5. The number of benzene rings is 1. The summed E-state index contributed by atoms with van der Waals surface area (Å²) in [6.45, 7) is 5.36. The van der Waals surface area contributed by atoms with Crippen molar-refractivity contribution in [2.24, 2.45) is 0 Å². The number of amides is 3. The number of esters is 1. The van der Waals surface area contributed by atoms with Gasteiger partial charge in [-0.05, 0) is 32.4 Å². The normalized spacial score (nSPS) is 11.4. The largest absolute Gasteiger partial charge is 0.452 e. The number of nitrogens with one attached hydrogen (secondary N) is 2. The fourth-order valence-electron chi connectivity index (χ4n) is 2.20.